The molecule has 0 fully saturated rings. The summed E-state index contributed by atoms with van der Waals surface area (Å²) >= 11 is 0. The smallest absolute Gasteiger partial charge is 0.312 e. The molecule has 1 amide bonds. The lowest BCUT2D eigenvalue weighted by atomic mass is 10.0. The van der Waals surface area contributed by atoms with E-state index in [1.165, 1.54) is 23.5 Å². The van der Waals surface area contributed by atoms with Crippen LogP contribution in [0.4, 0.5) is 5.69 Å². The van der Waals surface area contributed by atoms with Crippen LogP contribution in [0.3, 0.4) is 0 Å². The zero-order valence-electron chi connectivity index (χ0n) is 10.4. The summed E-state index contributed by atoms with van der Waals surface area (Å²) in [6.45, 7) is 0.115. The molecule has 1 atom stereocenters. The van der Waals surface area contributed by atoms with Crippen molar-refractivity contribution in [1.29, 1.82) is 0 Å². The molecule has 0 saturated heterocycles. The van der Waals surface area contributed by atoms with E-state index in [1.54, 1.807) is 24.3 Å². The summed E-state index contributed by atoms with van der Waals surface area (Å²) in [4.78, 5) is 33.0. The number of carbonyl (C=O) groups excluding carboxylic acids is 1. The molecule has 0 saturated carbocycles. The van der Waals surface area contributed by atoms with Crippen LogP contribution in [0.2, 0.25) is 0 Å². The van der Waals surface area contributed by atoms with Crippen LogP contribution < -0.4 is 4.90 Å². The lowest BCUT2D eigenvalue weighted by Crippen LogP contribution is -2.31. The Labute approximate surface area is 114 Å². The molecule has 6 heteroatoms. The molecular formula is C14H11N3O3. The van der Waals surface area contributed by atoms with Crippen LogP contribution in [0.1, 0.15) is 22.0 Å². The number of fused-ring (bicyclic) bond motifs is 1. The Morgan fingerprint density at radius 2 is 2.05 bits per heavy atom. The van der Waals surface area contributed by atoms with E-state index in [1.807, 2.05) is 0 Å². The minimum Gasteiger partial charge on any atom is -0.481 e. The van der Waals surface area contributed by atoms with Gasteiger partial charge in [0, 0.05) is 24.6 Å². The van der Waals surface area contributed by atoms with Gasteiger partial charge in [-0.3, -0.25) is 14.6 Å². The first-order valence-corrected chi connectivity index (χ1v) is 6.08. The number of para-hydroxylation sites is 1. The number of benzene rings is 1. The highest BCUT2D eigenvalue weighted by Gasteiger charge is 2.36. The van der Waals surface area contributed by atoms with E-state index in [9.17, 15) is 14.7 Å². The van der Waals surface area contributed by atoms with Crippen LogP contribution >= 0.6 is 0 Å². The molecule has 2 aromatic rings. The molecule has 3 rings (SSSR count). The summed E-state index contributed by atoms with van der Waals surface area (Å²) in [5.41, 5.74) is 1.47. The Kier molecular flexibility index (Phi) is 2.90. The maximum absolute atomic E-state index is 12.4. The molecular weight excluding hydrogens is 258 g/mol. The SMILES string of the molecule is O=C(O)C1CN(C(=O)c2cnccn2)c2ccccc21. The lowest BCUT2D eigenvalue weighted by molar-refractivity contribution is -0.138. The molecule has 1 unspecified atom stereocenters. The standard InChI is InChI=1S/C14H11N3O3/c18-13(11-7-15-5-6-16-11)17-8-10(14(19)20)9-3-1-2-4-12(9)17/h1-7,10H,8H2,(H,19,20). The largest absolute Gasteiger partial charge is 0.481 e. The first-order chi connectivity index (χ1) is 9.68. The van der Waals surface area contributed by atoms with Gasteiger partial charge in [0.15, 0.2) is 0 Å². The minimum atomic E-state index is -0.938. The Hall–Kier alpha value is -2.76. The van der Waals surface area contributed by atoms with Crippen molar-refractivity contribution in [2.45, 2.75) is 5.92 Å². The molecule has 1 N–H and O–H groups in total. The maximum atomic E-state index is 12.4. The predicted octanol–water partition coefficient (Wildman–Crippen LogP) is 1.31. The fourth-order valence-corrected chi connectivity index (χ4v) is 2.36. The number of anilines is 1. The van der Waals surface area contributed by atoms with Crippen molar-refractivity contribution >= 4 is 17.6 Å². The van der Waals surface area contributed by atoms with Gasteiger partial charge in [-0.15, -0.1) is 0 Å². The second-order valence-corrected chi connectivity index (χ2v) is 4.46. The fourth-order valence-electron chi connectivity index (χ4n) is 2.36. The Balaban J connectivity index is 2.00. The molecule has 0 spiro atoms. The number of rotatable bonds is 2. The van der Waals surface area contributed by atoms with Crippen molar-refractivity contribution in [2.24, 2.45) is 0 Å². The third-order valence-corrected chi connectivity index (χ3v) is 3.29. The minimum absolute atomic E-state index is 0.115. The quantitative estimate of drug-likeness (QED) is 0.888. The van der Waals surface area contributed by atoms with Gasteiger partial charge in [0.05, 0.1) is 6.20 Å². The summed E-state index contributed by atoms with van der Waals surface area (Å²) in [6.07, 6.45) is 4.29. The second-order valence-electron chi connectivity index (χ2n) is 4.46. The summed E-state index contributed by atoms with van der Waals surface area (Å²) < 4.78 is 0. The van der Waals surface area contributed by atoms with Gasteiger partial charge in [-0.2, -0.15) is 0 Å². The number of carboxylic acids is 1. The average Bonchev–Trinajstić information content (AvgIpc) is 2.87. The Morgan fingerprint density at radius 3 is 2.75 bits per heavy atom. The van der Waals surface area contributed by atoms with Gasteiger partial charge >= 0.3 is 5.97 Å². The summed E-state index contributed by atoms with van der Waals surface area (Å²) in [5.74, 6) is -1.98. The van der Waals surface area contributed by atoms with Gasteiger partial charge < -0.3 is 10.0 Å². The van der Waals surface area contributed by atoms with Gasteiger partial charge in [0.2, 0.25) is 0 Å². The number of hydrogen-bond donors (Lipinski definition) is 1. The number of carboxylic acid groups (broad SMARTS) is 1. The normalized spacial score (nSPS) is 16.8. The van der Waals surface area contributed by atoms with Gasteiger partial charge in [-0.1, -0.05) is 18.2 Å². The van der Waals surface area contributed by atoms with Crippen LogP contribution in [-0.2, 0) is 4.79 Å². The third-order valence-electron chi connectivity index (χ3n) is 3.29. The van der Waals surface area contributed by atoms with Gasteiger partial charge in [-0.25, -0.2) is 4.98 Å². The fraction of sp³-hybridized carbons (Fsp3) is 0.143. The maximum Gasteiger partial charge on any atom is 0.312 e. The second kappa shape index (κ2) is 4.73. The number of hydrogen-bond acceptors (Lipinski definition) is 4. The van der Waals surface area contributed by atoms with Crippen molar-refractivity contribution in [3.8, 4) is 0 Å². The monoisotopic (exact) mass is 269 g/mol. The van der Waals surface area contributed by atoms with E-state index in [2.05, 4.69) is 9.97 Å². The topological polar surface area (TPSA) is 83.4 Å². The van der Waals surface area contributed by atoms with Crippen LogP contribution in [-0.4, -0.2) is 33.5 Å². The lowest BCUT2D eigenvalue weighted by Gasteiger charge is -2.16. The van der Waals surface area contributed by atoms with Crippen LogP contribution in [0, 0.1) is 0 Å². The zero-order valence-corrected chi connectivity index (χ0v) is 10.4. The average molecular weight is 269 g/mol. The molecule has 6 nitrogen and oxygen atoms in total. The van der Waals surface area contributed by atoms with E-state index in [0.29, 0.717) is 11.3 Å². The molecule has 20 heavy (non-hydrogen) atoms. The summed E-state index contributed by atoms with van der Waals surface area (Å²) in [6, 6.07) is 7.02. The highest BCUT2D eigenvalue weighted by molar-refractivity contribution is 6.07. The van der Waals surface area contributed by atoms with E-state index in [4.69, 9.17) is 0 Å². The number of aliphatic carboxylic acids is 1. The molecule has 1 aromatic heterocycles. The van der Waals surface area contributed by atoms with Crippen LogP contribution in [0.25, 0.3) is 0 Å². The van der Waals surface area contributed by atoms with E-state index in [0.717, 1.165) is 0 Å². The van der Waals surface area contributed by atoms with Gasteiger partial charge in [0.1, 0.15) is 11.6 Å². The van der Waals surface area contributed by atoms with E-state index < -0.39 is 11.9 Å². The predicted molar refractivity (Wildman–Crippen MR) is 70.5 cm³/mol. The molecule has 0 bridgehead atoms. The van der Waals surface area contributed by atoms with Crippen LogP contribution in [0.15, 0.2) is 42.9 Å². The highest BCUT2D eigenvalue weighted by Crippen LogP contribution is 2.36. The number of aromatic nitrogens is 2. The zero-order chi connectivity index (χ0) is 14.1. The number of nitrogens with zero attached hydrogens (tertiary/aromatic N) is 3. The van der Waals surface area contributed by atoms with Crippen molar-refractivity contribution in [3.05, 3.63) is 54.1 Å². The molecule has 1 aromatic carbocycles. The molecule has 2 heterocycles. The van der Waals surface area contributed by atoms with Crippen LogP contribution in [0.5, 0.6) is 0 Å². The van der Waals surface area contributed by atoms with Gasteiger partial charge in [-0.05, 0) is 11.6 Å². The number of carbonyl (C=O) groups is 2. The molecule has 0 radical (unpaired) electrons. The van der Waals surface area contributed by atoms with Crippen molar-refractivity contribution in [1.82, 2.24) is 9.97 Å². The van der Waals surface area contributed by atoms with Crippen molar-refractivity contribution in [2.75, 3.05) is 11.4 Å². The Bertz CT molecular complexity index is 672. The molecule has 0 aliphatic carbocycles. The third kappa shape index (κ3) is 1.91. The van der Waals surface area contributed by atoms with E-state index in [-0.39, 0.29) is 18.1 Å². The van der Waals surface area contributed by atoms with E-state index >= 15 is 0 Å². The highest BCUT2D eigenvalue weighted by atomic mass is 16.4. The van der Waals surface area contributed by atoms with Crippen molar-refractivity contribution < 1.29 is 14.7 Å². The first kappa shape index (κ1) is 12.3. The molecule has 1 aliphatic rings. The molecule has 1 aliphatic heterocycles. The molecule has 100 valence electrons. The van der Waals surface area contributed by atoms with Gasteiger partial charge in [0.25, 0.3) is 5.91 Å². The number of amides is 1. The summed E-state index contributed by atoms with van der Waals surface area (Å²) in [5, 5.41) is 9.26. The Morgan fingerprint density at radius 1 is 1.25 bits per heavy atom. The summed E-state index contributed by atoms with van der Waals surface area (Å²) in [7, 11) is 0. The first-order valence-electron chi connectivity index (χ1n) is 6.08. The van der Waals surface area contributed by atoms with Crippen molar-refractivity contribution in [3.63, 3.8) is 0 Å².